The molecule has 1 saturated heterocycles. The van der Waals surface area contributed by atoms with Crippen molar-refractivity contribution in [1.82, 2.24) is 19.7 Å². The summed E-state index contributed by atoms with van der Waals surface area (Å²) in [6, 6.07) is 16.0. The Morgan fingerprint density at radius 1 is 1.06 bits per heavy atom. The van der Waals surface area contributed by atoms with Crippen LogP contribution in [0.15, 0.2) is 59.8 Å². The molecule has 162 valence electrons. The van der Waals surface area contributed by atoms with Gasteiger partial charge in [0.05, 0.1) is 18.3 Å². The van der Waals surface area contributed by atoms with E-state index >= 15 is 0 Å². The van der Waals surface area contributed by atoms with Gasteiger partial charge in [-0.15, -0.1) is 10.2 Å². The van der Waals surface area contributed by atoms with Crippen LogP contribution in [-0.4, -0.2) is 43.9 Å². The van der Waals surface area contributed by atoms with Crippen LogP contribution in [0.4, 0.5) is 10.1 Å². The fourth-order valence-electron chi connectivity index (χ4n) is 3.58. The summed E-state index contributed by atoms with van der Waals surface area (Å²) in [6.07, 6.45) is 2.43. The van der Waals surface area contributed by atoms with E-state index in [2.05, 4.69) is 37.1 Å². The standard InChI is InChI=1S/C23H26FN5OS/c1-17(22(30)25-20-11-9-19(24)10-12-20)31-23-27-26-21(16-28-13-5-6-14-28)29(23)15-18-7-3-2-4-8-18/h2-4,7-12,17H,5-6,13-16H2,1H3,(H,25,30)/t17-/m1/s1. The van der Waals surface area contributed by atoms with Crippen molar-refractivity contribution in [3.63, 3.8) is 0 Å². The first-order chi connectivity index (χ1) is 15.1. The third-order valence-electron chi connectivity index (χ3n) is 5.30. The first-order valence-electron chi connectivity index (χ1n) is 10.5. The molecule has 0 spiro atoms. The third-order valence-corrected chi connectivity index (χ3v) is 6.38. The van der Waals surface area contributed by atoms with Crippen LogP contribution in [0, 0.1) is 5.82 Å². The summed E-state index contributed by atoms with van der Waals surface area (Å²) >= 11 is 1.38. The van der Waals surface area contributed by atoms with Gasteiger partial charge in [-0.2, -0.15) is 0 Å². The smallest absolute Gasteiger partial charge is 0.237 e. The Morgan fingerprint density at radius 2 is 1.77 bits per heavy atom. The number of nitrogens with zero attached hydrogens (tertiary/aromatic N) is 4. The highest BCUT2D eigenvalue weighted by Crippen LogP contribution is 2.25. The van der Waals surface area contributed by atoms with Gasteiger partial charge < -0.3 is 9.88 Å². The number of nitrogens with one attached hydrogen (secondary N) is 1. The zero-order valence-corrected chi connectivity index (χ0v) is 18.3. The summed E-state index contributed by atoms with van der Waals surface area (Å²) in [5.74, 6) is 0.423. The molecule has 1 N–H and O–H groups in total. The Balaban J connectivity index is 1.49. The molecule has 0 saturated carbocycles. The van der Waals surface area contributed by atoms with E-state index < -0.39 is 0 Å². The molecule has 2 aromatic carbocycles. The van der Waals surface area contributed by atoms with E-state index in [9.17, 15) is 9.18 Å². The van der Waals surface area contributed by atoms with E-state index in [1.54, 1.807) is 12.1 Å². The van der Waals surface area contributed by atoms with Crippen molar-refractivity contribution >= 4 is 23.4 Å². The summed E-state index contributed by atoms with van der Waals surface area (Å²) in [7, 11) is 0. The zero-order chi connectivity index (χ0) is 21.6. The van der Waals surface area contributed by atoms with E-state index in [4.69, 9.17) is 0 Å². The predicted molar refractivity (Wildman–Crippen MR) is 120 cm³/mol. The van der Waals surface area contributed by atoms with Crippen LogP contribution in [0.5, 0.6) is 0 Å². The molecule has 0 bridgehead atoms. The Labute approximate surface area is 185 Å². The number of rotatable bonds is 8. The lowest BCUT2D eigenvalue weighted by molar-refractivity contribution is -0.115. The molecule has 4 rings (SSSR count). The molecule has 1 fully saturated rings. The molecule has 0 radical (unpaired) electrons. The maximum Gasteiger partial charge on any atom is 0.237 e. The number of amides is 1. The minimum atomic E-state index is -0.386. The molecule has 1 amide bonds. The number of carbonyl (C=O) groups excluding carboxylic acids is 1. The topological polar surface area (TPSA) is 63.1 Å². The van der Waals surface area contributed by atoms with Crippen molar-refractivity contribution in [2.75, 3.05) is 18.4 Å². The lowest BCUT2D eigenvalue weighted by atomic mass is 10.2. The van der Waals surface area contributed by atoms with Gasteiger partial charge in [0.15, 0.2) is 5.16 Å². The molecule has 0 unspecified atom stereocenters. The molecular weight excluding hydrogens is 413 g/mol. The van der Waals surface area contributed by atoms with Gasteiger partial charge in [0.1, 0.15) is 11.6 Å². The number of likely N-dealkylation sites (tertiary alicyclic amines) is 1. The first-order valence-corrected chi connectivity index (χ1v) is 11.4. The van der Waals surface area contributed by atoms with Crippen molar-refractivity contribution in [3.8, 4) is 0 Å². The third kappa shape index (κ3) is 5.71. The van der Waals surface area contributed by atoms with Crippen molar-refractivity contribution in [2.24, 2.45) is 0 Å². The first kappa shape index (κ1) is 21.5. The second-order valence-corrected chi connectivity index (χ2v) is 9.02. The van der Waals surface area contributed by atoms with Gasteiger partial charge in [-0.1, -0.05) is 42.1 Å². The average Bonchev–Trinajstić information content (AvgIpc) is 3.42. The summed E-state index contributed by atoms with van der Waals surface area (Å²) in [5, 5.41) is 12.0. The van der Waals surface area contributed by atoms with E-state index in [1.807, 2.05) is 25.1 Å². The van der Waals surface area contributed by atoms with Crippen LogP contribution in [0.25, 0.3) is 0 Å². The van der Waals surface area contributed by atoms with Gasteiger partial charge in [-0.05, 0) is 62.7 Å². The van der Waals surface area contributed by atoms with Gasteiger partial charge in [0.2, 0.25) is 5.91 Å². The van der Waals surface area contributed by atoms with Crippen molar-refractivity contribution < 1.29 is 9.18 Å². The lowest BCUT2D eigenvalue weighted by Crippen LogP contribution is -2.24. The molecule has 0 aliphatic carbocycles. The van der Waals surface area contributed by atoms with Crippen LogP contribution in [0.2, 0.25) is 0 Å². The largest absolute Gasteiger partial charge is 0.325 e. The fraction of sp³-hybridized carbons (Fsp3) is 0.348. The summed E-state index contributed by atoms with van der Waals surface area (Å²) in [5.41, 5.74) is 1.73. The quantitative estimate of drug-likeness (QED) is 0.534. The molecule has 1 aromatic heterocycles. The molecule has 1 aliphatic heterocycles. The highest BCUT2D eigenvalue weighted by Gasteiger charge is 2.22. The number of carbonyl (C=O) groups is 1. The Kier molecular flexibility index (Phi) is 6.99. The number of benzene rings is 2. The van der Waals surface area contributed by atoms with E-state index in [1.165, 1.54) is 36.7 Å². The molecule has 3 aromatic rings. The minimum Gasteiger partial charge on any atom is -0.325 e. The monoisotopic (exact) mass is 439 g/mol. The molecule has 1 atom stereocenters. The Morgan fingerprint density at radius 3 is 2.48 bits per heavy atom. The second kappa shape index (κ2) is 10.1. The van der Waals surface area contributed by atoms with Crippen LogP contribution >= 0.6 is 11.8 Å². The summed E-state index contributed by atoms with van der Waals surface area (Å²) in [6.45, 7) is 5.42. The number of anilines is 1. The van der Waals surface area contributed by atoms with Gasteiger partial charge in [0.25, 0.3) is 0 Å². The minimum absolute atomic E-state index is 0.160. The molecule has 8 heteroatoms. The zero-order valence-electron chi connectivity index (χ0n) is 17.5. The number of hydrogen-bond donors (Lipinski definition) is 1. The number of hydrogen-bond acceptors (Lipinski definition) is 5. The van der Waals surface area contributed by atoms with Crippen molar-refractivity contribution in [1.29, 1.82) is 0 Å². The summed E-state index contributed by atoms with van der Waals surface area (Å²) < 4.78 is 15.2. The number of aromatic nitrogens is 3. The molecule has 31 heavy (non-hydrogen) atoms. The average molecular weight is 440 g/mol. The van der Waals surface area contributed by atoms with E-state index in [0.717, 1.165) is 36.2 Å². The predicted octanol–water partition coefficient (Wildman–Crippen LogP) is 4.18. The SMILES string of the molecule is C[C@@H](Sc1nnc(CN2CCCC2)n1Cc1ccccc1)C(=O)Nc1ccc(F)cc1. The molecule has 6 nitrogen and oxygen atoms in total. The Bertz CT molecular complexity index is 1000. The maximum atomic E-state index is 13.1. The molecular formula is C23H26FN5OS. The van der Waals surface area contributed by atoms with Gasteiger partial charge in [-0.25, -0.2) is 4.39 Å². The van der Waals surface area contributed by atoms with Crippen molar-refractivity contribution in [3.05, 3.63) is 71.8 Å². The van der Waals surface area contributed by atoms with E-state index in [-0.39, 0.29) is 17.0 Å². The highest BCUT2D eigenvalue weighted by molar-refractivity contribution is 8.00. The number of halogens is 1. The Hall–Kier alpha value is -2.71. The van der Waals surface area contributed by atoms with Gasteiger partial charge >= 0.3 is 0 Å². The van der Waals surface area contributed by atoms with Crippen LogP contribution in [0.3, 0.4) is 0 Å². The van der Waals surface area contributed by atoms with Crippen molar-refractivity contribution in [2.45, 2.75) is 43.3 Å². The van der Waals surface area contributed by atoms with Gasteiger partial charge in [0, 0.05) is 5.69 Å². The summed E-state index contributed by atoms with van der Waals surface area (Å²) in [4.78, 5) is 15.1. The van der Waals surface area contributed by atoms with Crippen LogP contribution in [0.1, 0.15) is 31.2 Å². The fourth-order valence-corrected chi connectivity index (χ4v) is 4.44. The highest BCUT2D eigenvalue weighted by atomic mass is 32.2. The molecule has 2 heterocycles. The van der Waals surface area contributed by atoms with E-state index in [0.29, 0.717) is 12.2 Å². The lowest BCUT2D eigenvalue weighted by Gasteiger charge is -2.17. The van der Waals surface area contributed by atoms with Crippen LogP contribution in [-0.2, 0) is 17.9 Å². The number of thioether (sulfide) groups is 1. The van der Waals surface area contributed by atoms with Gasteiger partial charge in [-0.3, -0.25) is 9.69 Å². The second-order valence-electron chi connectivity index (χ2n) is 7.71. The normalized spacial score (nSPS) is 15.2. The van der Waals surface area contributed by atoms with Crippen LogP contribution < -0.4 is 5.32 Å². The maximum absolute atomic E-state index is 13.1. The molecule has 1 aliphatic rings.